The summed E-state index contributed by atoms with van der Waals surface area (Å²) in [4.78, 5) is 37.9. The Balaban J connectivity index is 1.62. The Morgan fingerprint density at radius 1 is 0.926 bits per heavy atom. The van der Waals surface area contributed by atoms with Crippen LogP contribution in [0, 0.1) is 22.0 Å². The molecule has 1 aromatic carbocycles. The number of rotatable bonds is 4. The van der Waals surface area contributed by atoms with Crippen LogP contribution in [0.4, 0.5) is 17.1 Å². The lowest BCUT2D eigenvalue weighted by atomic mass is 9.81. The van der Waals surface area contributed by atoms with Crippen LogP contribution in [0.25, 0.3) is 0 Å². The van der Waals surface area contributed by atoms with E-state index in [9.17, 15) is 19.7 Å². The molecule has 2 aliphatic carbocycles. The van der Waals surface area contributed by atoms with Crippen molar-refractivity contribution in [1.82, 2.24) is 0 Å². The zero-order chi connectivity index (χ0) is 19.0. The van der Waals surface area contributed by atoms with Crippen LogP contribution < -0.4 is 10.2 Å². The van der Waals surface area contributed by atoms with Crippen molar-refractivity contribution in [3.05, 3.63) is 28.3 Å². The molecule has 3 aliphatic rings. The number of nitro benzene ring substituents is 1. The molecule has 0 unspecified atom stereocenters. The fraction of sp³-hybridized carbons (Fsp3) is 0.600. The van der Waals surface area contributed by atoms with Gasteiger partial charge in [-0.3, -0.25) is 19.7 Å². The number of anilines is 2. The van der Waals surface area contributed by atoms with E-state index in [-0.39, 0.29) is 35.4 Å². The maximum atomic E-state index is 12.8. The number of hydrogen-bond donors (Lipinski definition) is 1. The van der Waals surface area contributed by atoms with Crippen molar-refractivity contribution in [2.45, 2.75) is 63.8 Å². The third-order valence-corrected chi connectivity index (χ3v) is 6.24. The van der Waals surface area contributed by atoms with Crippen LogP contribution in [-0.2, 0) is 9.59 Å². The number of hydrogen-bond acceptors (Lipinski definition) is 5. The van der Waals surface area contributed by atoms with Gasteiger partial charge in [0.15, 0.2) is 0 Å². The Morgan fingerprint density at radius 3 is 2.11 bits per heavy atom. The number of benzene rings is 1. The van der Waals surface area contributed by atoms with Gasteiger partial charge >= 0.3 is 0 Å². The van der Waals surface area contributed by atoms with E-state index < -0.39 is 4.92 Å². The third-order valence-electron chi connectivity index (χ3n) is 6.24. The van der Waals surface area contributed by atoms with E-state index in [1.807, 2.05) is 0 Å². The minimum absolute atomic E-state index is 0.0754. The van der Waals surface area contributed by atoms with Gasteiger partial charge in [-0.2, -0.15) is 0 Å². The summed E-state index contributed by atoms with van der Waals surface area (Å²) in [7, 11) is 0. The summed E-state index contributed by atoms with van der Waals surface area (Å²) in [5.41, 5.74) is 0.709. The summed E-state index contributed by atoms with van der Waals surface area (Å²) in [5, 5.41) is 14.9. The van der Waals surface area contributed by atoms with Gasteiger partial charge in [-0.1, -0.05) is 32.1 Å². The molecule has 27 heavy (non-hydrogen) atoms. The van der Waals surface area contributed by atoms with Gasteiger partial charge in [-0.05, 0) is 37.8 Å². The molecule has 0 bridgehead atoms. The predicted octanol–water partition coefficient (Wildman–Crippen LogP) is 4.02. The van der Waals surface area contributed by atoms with Crippen molar-refractivity contribution in [3.8, 4) is 0 Å². The lowest BCUT2D eigenvalue weighted by Crippen LogP contribution is -2.31. The lowest BCUT2D eigenvalue weighted by Gasteiger charge is -2.24. The van der Waals surface area contributed by atoms with Gasteiger partial charge in [0.05, 0.1) is 22.4 Å². The number of imide groups is 1. The van der Waals surface area contributed by atoms with E-state index in [0.29, 0.717) is 11.4 Å². The Labute approximate surface area is 158 Å². The van der Waals surface area contributed by atoms with Crippen LogP contribution in [0.15, 0.2) is 18.2 Å². The Bertz CT molecular complexity index is 748. The zero-order valence-electron chi connectivity index (χ0n) is 15.4. The smallest absolute Gasteiger partial charge is 0.294 e. The van der Waals surface area contributed by atoms with Crippen LogP contribution in [0.2, 0.25) is 0 Å². The Kier molecular flexibility index (Phi) is 4.85. The minimum atomic E-state index is -0.438. The second-order valence-corrected chi connectivity index (χ2v) is 7.95. The third kappa shape index (κ3) is 3.31. The van der Waals surface area contributed by atoms with Crippen LogP contribution in [0.3, 0.4) is 0 Å². The molecule has 1 aromatic rings. The van der Waals surface area contributed by atoms with Crippen LogP contribution in [0.1, 0.15) is 57.8 Å². The summed E-state index contributed by atoms with van der Waals surface area (Å²) in [6.45, 7) is 0. The van der Waals surface area contributed by atoms with Crippen molar-refractivity contribution in [2.24, 2.45) is 11.8 Å². The second-order valence-electron chi connectivity index (χ2n) is 7.95. The highest BCUT2D eigenvalue weighted by atomic mass is 16.6. The lowest BCUT2D eigenvalue weighted by molar-refractivity contribution is -0.383. The number of nitro groups is 1. The molecule has 144 valence electrons. The summed E-state index contributed by atoms with van der Waals surface area (Å²) in [6.07, 6.45) is 8.85. The largest absolute Gasteiger partial charge is 0.377 e. The number of nitrogens with one attached hydrogen (secondary N) is 1. The highest BCUT2D eigenvalue weighted by Gasteiger charge is 2.49. The Hall–Kier alpha value is -2.44. The highest BCUT2D eigenvalue weighted by Crippen LogP contribution is 2.41. The number of amides is 2. The molecule has 2 amide bonds. The Morgan fingerprint density at radius 2 is 1.52 bits per heavy atom. The van der Waals surface area contributed by atoms with E-state index in [4.69, 9.17) is 0 Å². The molecule has 0 radical (unpaired) electrons. The van der Waals surface area contributed by atoms with Crippen molar-refractivity contribution >= 4 is 28.9 Å². The summed E-state index contributed by atoms with van der Waals surface area (Å²) < 4.78 is 0. The average Bonchev–Trinajstić information content (AvgIpc) is 2.94. The molecule has 4 rings (SSSR count). The average molecular weight is 371 g/mol. The topological polar surface area (TPSA) is 92.6 Å². The molecule has 0 spiro atoms. The van der Waals surface area contributed by atoms with Crippen molar-refractivity contribution in [1.29, 1.82) is 0 Å². The van der Waals surface area contributed by atoms with Crippen LogP contribution in [-0.4, -0.2) is 22.8 Å². The van der Waals surface area contributed by atoms with Gasteiger partial charge < -0.3 is 5.32 Å². The predicted molar refractivity (Wildman–Crippen MR) is 102 cm³/mol. The van der Waals surface area contributed by atoms with Gasteiger partial charge in [0, 0.05) is 12.1 Å². The number of nitrogens with zero attached hydrogens (tertiary/aromatic N) is 2. The fourth-order valence-electron chi connectivity index (χ4n) is 4.82. The molecule has 1 saturated heterocycles. The first-order valence-corrected chi connectivity index (χ1v) is 9.99. The quantitative estimate of drug-likeness (QED) is 0.490. The molecule has 7 nitrogen and oxygen atoms in total. The number of fused-ring (bicyclic) bond motifs is 1. The minimum Gasteiger partial charge on any atom is -0.377 e. The normalized spacial score (nSPS) is 26.1. The van der Waals surface area contributed by atoms with Crippen molar-refractivity contribution in [3.63, 3.8) is 0 Å². The molecule has 3 fully saturated rings. The molecule has 2 atom stereocenters. The summed E-state index contributed by atoms with van der Waals surface area (Å²) in [6, 6.07) is 4.91. The van der Waals surface area contributed by atoms with E-state index >= 15 is 0 Å². The highest BCUT2D eigenvalue weighted by molar-refractivity contribution is 6.22. The number of carbonyl (C=O) groups is 2. The van der Waals surface area contributed by atoms with E-state index in [0.717, 1.165) is 51.4 Å². The molecular formula is C20H25N3O4. The zero-order valence-corrected chi connectivity index (χ0v) is 15.4. The first-order chi connectivity index (χ1) is 13.1. The number of carbonyl (C=O) groups excluding carboxylic acids is 2. The van der Waals surface area contributed by atoms with Gasteiger partial charge in [0.2, 0.25) is 11.8 Å². The van der Waals surface area contributed by atoms with Crippen LogP contribution in [0.5, 0.6) is 0 Å². The van der Waals surface area contributed by atoms with E-state index in [1.165, 1.54) is 17.4 Å². The first kappa shape index (κ1) is 17.9. The van der Waals surface area contributed by atoms with Crippen LogP contribution >= 0.6 is 0 Å². The first-order valence-electron chi connectivity index (χ1n) is 9.99. The van der Waals surface area contributed by atoms with Gasteiger partial charge in [0.1, 0.15) is 5.69 Å². The fourth-order valence-corrected chi connectivity index (χ4v) is 4.82. The molecule has 1 N–H and O–H groups in total. The maximum absolute atomic E-state index is 12.8. The molecule has 7 heteroatoms. The van der Waals surface area contributed by atoms with E-state index in [2.05, 4.69) is 5.32 Å². The second kappa shape index (κ2) is 7.29. The van der Waals surface area contributed by atoms with Crippen molar-refractivity contribution in [2.75, 3.05) is 10.2 Å². The summed E-state index contributed by atoms with van der Waals surface area (Å²) >= 11 is 0. The standard InChI is InChI=1S/C20H25N3O4/c24-19-15-8-4-5-9-16(15)20(25)22(19)14-10-11-17(18(12-14)23(26)27)21-13-6-2-1-3-7-13/h10-13,15-16,21H,1-9H2/t15-,16+. The molecule has 0 aromatic heterocycles. The SMILES string of the molecule is O=C1[C@H]2CCCC[C@H]2C(=O)N1c1ccc(NC2CCCCC2)c([N+](=O)[O-])c1. The van der Waals surface area contributed by atoms with Gasteiger partial charge in [-0.15, -0.1) is 0 Å². The van der Waals surface area contributed by atoms with Gasteiger partial charge in [0.25, 0.3) is 5.69 Å². The van der Waals surface area contributed by atoms with Gasteiger partial charge in [-0.25, -0.2) is 4.90 Å². The monoisotopic (exact) mass is 371 g/mol. The molecular weight excluding hydrogens is 346 g/mol. The van der Waals surface area contributed by atoms with Crippen molar-refractivity contribution < 1.29 is 14.5 Å². The molecule has 2 saturated carbocycles. The molecule has 1 aliphatic heterocycles. The maximum Gasteiger partial charge on any atom is 0.294 e. The summed E-state index contributed by atoms with van der Waals surface area (Å²) in [5.74, 6) is -0.922. The molecule has 1 heterocycles. The van der Waals surface area contributed by atoms with E-state index in [1.54, 1.807) is 12.1 Å².